The van der Waals surface area contributed by atoms with Crippen molar-refractivity contribution in [3.8, 4) is 0 Å². The van der Waals surface area contributed by atoms with Crippen molar-refractivity contribution in [3.05, 3.63) is 51.5 Å². The molecule has 1 heterocycles. The van der Waals surface area contributed by atoms with E-state index in [1.54, 1.807) is 12.3 Å². The average Bonchev–Trinajstić information content (AvgIpc) is 2.75. The van der Waals surface area contributed by atoms with Gasteiger partial charge in [0, 0.05) is 40.9 Å². The van der Waals surface area contributed by atoms with Crippen molar-refractivity contribution in [2.75, 3.05) is 0 Å². The summed E-state index contributed by atoms with van der Waals surface area (Å²) in [4.78, 5) is 4.23. The van der Waals surface area contributed by atoms with Crippen molar-refractivity contribution in [1.82, 2.24) is 9.55 Å². The summed E-state index contributed by atoms with van der Waals surface area (Å²) in [5.74, 6) is 0.958. The van der Waals surface area contributed by atoms with E-state index in [2.05, 4.69) is 20.9 Å². The number of nitrogens with zero attached hydrogens (tertiary/aromatic N) is 2. The quantitative estimate of drug-likeness (QED) is 0.932. The summed E-state index contributed by atoms with van der Waals surface area (Å²) in [5.41, 5.74) is 0.750. The minimum absolute atomic E-state index is 0.577. The van der Waals surface area contributed by atoms with Gasteiger partial charge in [0.2, 0.25) is 0 Å². The zero-order chi connectivity index (χ0) is 13.1. The molecule has 0 spiro atoms. The number of hydrogen-bond acceptors (Lipinski definition) is 2. The Hall–Kier alpha value is -0.840. The maximum absolute atomic E-state index is 10.2. The highest BCUT2D eigenvalue weighted by Gasteiger charge is 2.13. The number of benzene rings is 1. The highest BCUT2D eigenvalue weighted by Crippen LogP contribution is 2.28. The summed E-state index contributed by atoms with van der Waals surface area (Å²) < 4.78 is 2.87. The van der Waals surface area contributed by atoms with E-state index in [-0.39, 0.29) is 0 Å². The second-order valence-corrected chi connectivity index (χ2v) is 5.50. The fraction of sp³-hybridized carbons (Fsp3) is 0.308. The van der Waals surface area contributed by atoms with Gasteiger partial charge in [0.1, 0.15) is 5.82 Å². The smallest absolute Gasteiger partial charge is 0.108 e. The van der Waals surface area contributed by atoms with Crippen LogP contribution in [0, 0.1) is 0 Å². The van der Waals surface area contributed by atoms with Gasteiger partial charge in [-0.05, 0) is 24.6 Å². The number of aliphatic hydroxyl groups excluding tert-OH is 1. The summed E-state index contributed by atoms with van der Waals surface area (Å²) in [7, 11) is 1.95. The van der Waals surface area contributed by atoms with Crippen LogP contribution in [0.5, 0.6) is 0 Å². The Labute approximate surface area is 120 Å². The third-order valence-electron chi connectivity index (χ3n) is 2.88. The molecule has 1 N–H and O–H groups in total. The third-order valence-corrected chi connectivity index (χ3v) is 3.72. The van der Waals surface area contributed by atoms with E-state index in [1.807, 2.05) is 29.9 Å². The van der Waals surface area contributed by atoms with Crippen molar-refractivity contribution in [2.45, 2.75) is 18.9 Å². The standard InChI is InChI=1S/C13H14BrClN2O/c1-17-7-6-16-13(17)5-4-12(18)10-8-9(14)2-3-11(10)15/h2-3,6-8,12,18H,4-5H2,1H3. The van der Waals surface area contributed by atoms with Gasteiger partial charge in [0.25, 0.3) is 0 Å². The molecule has 0 saturated carbocycles. The van der Waals surface area contributed by atoms with E-state index in [0.29, 0.717) is 17.9 Å². The van der Waals surface area contributed by atoms with Crippen LogP contribution in [0.15, 0.2) is 35.1 Å². The topological polar surface area (TPSA) is 38.0 Å². The van der Waals surface area contributed by atoms with E-state index in [0.717, 1.165) is 15.9 Å². The molecule has 5 heteroatoms. The summed E-state index contributed by atoms with van der Waals surface area (Å²) in [6.45, 7) is 0. The lowest BCUT2D eigenvalue weighted by atomic mass is 10.0. The van der Waals surface area contributed by atoms with Gasteiger partial charge < -0.3 is 9.67 Å². The first-order valence-corrected chi connectivity index (χ1v) is 6.84. The zero-order valence-electron chi connectivity index (χ0n) is 9.98. The van der Waals surface area contributed by atoms with Crippen LogP contribution >= 0.6 is 27.5 Å². The summed E-state index contributed by atoms with van der Waals surface area (Å²) in [6, 6.07) is 5.49. The Balaban J connectivity index is 2.06. The Morgan fingerprint density at radius 1 is 1.50 bits per heavy atom. The molecule has 0 aliphatic carbocycles. The molecule has 1 atom stereocenters. The highest BCUT2D eigenvalue weighted by atomic mass is 79.9. The van der Waals surface area contributed by atoms with Crippen LogP contribution in [0.3, 0.4) is 0 Å². The second-order valence-electron chi connectivity index (χ2n) is 4.17. The van der Waals surface area contributed by atoms with Crippen LogP contribution < -0.4 is 0 Å². The Bertz CT molecular complexity index is 542. The van der Waals surface area contributed by atoms with E-state index in [4.69, 9.17) is 11.6 Å². The predicted molar refractivity (Wildman–Crippen MR) is 75.6 cm³/mol. The summed E-state index contributed by atoms with van der Waals surface area (Å²) >= 11 is 9.46. The van der Waals surface area contributed by atoms with Crippen LogP contribution in [0.4, 0.5) is 0 Å². The second kappa shape index (κ2) is 5.87. The lowest BCUT2D eigenvalue weighted by molar-refractivity contribution is 0.167. The Morgan fingerprint density at radius 2 is 2.28 bits per heavy atom. The molecule has 0 saturated heterocycles. The monoisotopic (exact) mass is 328 g/mol. The number of aromatic nitrogens is 2. The number of halogens is 2. The molecule has 3 nitrogen and oxygen atoms in total. The van der Waals surface area contributed by atoms with E-state index in [1.165, 1.54) is 0 Å². The molecular formula is C13H14BrClN2O. The van der Waals surface area contributed by atoms with Gasteiger partial charge in [-0.2, -0.15) is 0 Å². The highest BCUT2D eigenvalue weighted by molar-refractivity contribution is 9.10. The van der Waals surface area contributed by atoms with Gasteiger partial charge in [0.05, 0.1) is 6.10 Å². The minimum atomic E-state index is -0.577. The first-order valence-electron chi connectivity index (χ1n) is 5.67. The molecule has 0 fully saturated rings. The molecule has 1 unspecified atom stereocenters. The third kappa shape index (κ3) is 3.13. The fourth-order valence-corrected chi connectivity index (χ4v) is 2.45. The molecule has 0 amide bonds. The molecule has 0 bridgehead atoms. The molecule has 96 valence electrons. The Kier molecular flexibility index (Phi) is 4.43. The van der Waals surface area contributed by atoms with Gasteiger partial charge in [-0.3, -0.25) is 0 Å². The van der Waals surface area contributed by atoms with E-state index < -0.39 is 6.10 Å². The largest absolute Gasteiger partial charge is 0.388 e. The number of rotatable bonds is 4. The van der Waals surface area contributed by atoms with Crippen molar-refractivity contribution in [3.63, 3.8) is 0 Å². The van der Waals surface area contributed by atoms with E-state index >= 15 is 0 Å². The van der Waals surface area contributed by atoms with E-state index in [9.17, 15) is 5.11 Å². The van der Waals surface area contributed by atoms with Gasteiger partial charge >= 0.3 is 0 Å². The van der Waals surface area contributed by atoms with Gasteiger partial charge in [0.15, 0.2) is 0 Å². The van der Waals surface area contributed by atoms with Crippen LogP contribution in [0.1, 0.15) is 23.9 Å². The maximum atomic E-state index is 10.2. The first kappa shape index (κ1) is 13.6. The fourth-order valence-electron chi connectivity index (χ4n) is 1.83. The summed E-state index contributed by atoms with van der Waals surface area (Å²) in [5, 5.41) is 10.8. The SMILES string of the molecule is Cn1ccnc1CCC(O)c1cc(Br)ccc1Cl. The first-order chi connectivity index (χ1) is 8.58. The van der Waals surface area contributed by atoms with Crippen LogP contribution in [-0.4, -0.2) is 14.7 Å². The summed E-state index contributed by atoms with van der Waals surface area (Å²) in [6.07, 6.45) is 4.39. The number of aliphatic hydroxyl groups is 1. The number of imidazole rings is 1. The lowest BCUT2D eigenvalue weighted by Crippen LogP contribution is -2.04. The number of aryl methyl sites for hydroxylation is 2. The van der Waals surface area contributed by atoms with Crippen molar-refractivity contribution in [1.29, 1.82) is 0 Å². The molecule has 2 rings (SSSR count). The normalized spacial score (nSPS) is 12.7. The van der Waals surface area contributed by atoms with Crippen molar-refractivity contribution >= 4 is 27.5 Å². The molecular weight excluding hydrogens is 316 g/mol. The average molecular weight is 330 g/mol. The molecule has 2 aromatic rings. The van der Waals surface area contributed by atoms with Gasteiger partial charge in [-0.15, -0.1) is 0 Å². The minimum Gasteiger partial charge on any atom is -0.388 e. The molecule has 0 radical (unpaired) electrons. The Morgan fingerprint density at radius 3 is 2.94 bits per heavy atom. The maximum Gasteiger partial charge on any atom is 0.108 e. The van der Waals surface area contributed by atoms with Gasteiger partial charge in [-0.25, -0.2) is 4.98 Å². The number of hydrogen-bond donors (Lipinski definition) is 1. The van der Waals surface area contributed by atoms with Crippen LogP contribution in [-0.2, 0) is 13.5 Å². The van der Waals surface area contributed by atoms with Crippen LogP contribution in [0.2, 0.25) is 5.02 Å². The molecule has 0 aliphatic rings. The zero-order valence-corrected chi connectivity index (χ0v) is 12.3. The van der Waals surface area contributed by atoms with Crippen molar-refractivity contribution in [2.24, 2.45) is 7.05 Å². The van der Waals surface area contributed by atoms with Crippen LogP contribution in [0.25, 0.3) is 0 Å². The molecule has 1 aromatic heterocycles. The molecule has 18 heavy (non-hydrogen) atoms. The van der Waals surface area contributed by atoms with Crippen molar-refractivity contribution < 1.29 is 5.11 Å². The van der Waals surface area contributed by atoms with Gasteiger partial charge in [-0.1, -0.05) is 27.5 Å². The molecule has 1 aromatic carbocycles. The predicted octanol–water partition coefficient (Wildman–Crippen LogP) is 3.50. The lowest BCUT2D eigenvalue weighted by Gasteiger charge is -2.13. The molecule has 0 aliphatic heterocycles.